The molecule has 0 radical (unpaired) electrons. The van der Waals surface area contributed by atoms with E-state index in [0.717, 1.165) is 57.2 Å². The number of methoxy groups -OCH3 is 1. The average molecular weight is 462 g/mol. The van der Waals surface area contributed by atoms with Gasteiger partial charge in [0.25, 0.3) is 0 Å². The minimum atomic E-state index is 0.477. The molecule has 4 aromatic rings. The summed E-state index contributed by atoms with van der Waals surface area (Å²) in [5.74, 6) is 2.94. The number of aromatic nitrogens is 3. The van der Waals surface area contributed by atoms with E-state index in [1.165, 1.54) is 18.4 Å². The van der Waals surface area contributed by atoms with Crippen molar-refractivity contribution in [2.45, 2.75) is 37.4 Å². The summed E-state index contributed by atoms with van der Waals surface area (Å²) in [6, 6.07) is 14.9. The second-order valence-electron chi connectivity index (χ2n) is 8.77. The van der Waals surface area contributed by atoms with Gasteiger partial charge in [0.2, 0.25) is 0 Å². The van der Waals surface area contributed by atoms with Crippen LogP contribution in [0.25, 0.3) is 21.9 Å². The number of thioether (sulfide) groups is 1. The number of hydrogen-bond acceptors (Lipinski definition) is 6. The van der Waals surface area contributed by atoms with Gasteiger partial charge >= 0.3 is 0 Å². The number of ether oxygens (including phenoxy) is 1. The Morgan fingerprint density at radius 3 is 2.67 bits per heavy atom. The number of piperidine rings is 1. The van der Waals surface area contributed by atoms with Gasteiger partial charge in [-0.2, -0.15) is 0 Å². The predicted octanol–water partition coefficient (Wildman–Crippen LogP) is 5.14. The van der Waals surface area contributed by atoms with Crippen LogP contribution in [0.1, 0.15) is 36.8 Å². The lowest BCUT2D eigenvalue weighted by Gasteiger charge is -2.29. The second kappa shape index (κ2) is 9.23. The third kappa shape index (κ3) is 4.15. The van der Waals surface area contributed by atoms with E-state index in [2.05, 4.69) is 52.7 Å². The van der Waals surface area contributed by atoms with Crippen molar-refractivity contribution in [1.29, 1.82) is 0 Å². The Labute approximate surface area is 199 Å². The number of pyridine rings is 1. The van der Waals surface area contributed by atoms with E-state index in [-0.39, 0.29) is 0 Å². The molecule has 0 bridgehead atoms. The molecule has 0 amide bonds. The molecule has 2 aromatic heterocycles. The van der Waals surface area contributed by atoms with Gasteiger partial charge in [-0.1, -0.05) is 49.0 Å². The van der Waals surface area contributed by atoms with Gasteiger partial charge in [0.05, 0.1) is 24.7 Å². The first-order valence-electron chi connectivity index (χ1n) is 11.6. The molecule has 1 saturated heterocycles. The first-order chi connectivity index (χ1) is 16.1. The zero-order chi connectivity index (χ0) is 22.9. The first-order valence-corrected chi connectivity index (χ1v) is 12.6. The van der Waals surface area contributed by atoms with Crippen molar-refractivity contribution in [2.24, 2.45) is 0 Å². The van der Waals surface area contributed by atoms with Crippen LogP contribution < -0.4 is 10.5 Å². The van der Waals surface area contributed by atoms with Crippen molar-refractivity contribution >= 4 is 39.5 Å². The number of para-hydroxylation sites is 1. The fourth-order valence-electron chi connectivity index (χ4n) is 4.88. The maximum atomic E-state index is 6.34. The molecular weight excluding hydrogens is 430 g/mol. The van der Waals surface area contributed by atoms with Crippen molar-refractivity contribution < 1.29 is 4.74 Å². The van der Waals surface area contributed by atoms with E-state index < -0.39 is 0 Å². The highest BCUT2D eigenvalue weighted by atomic mass is 32.2. The number of benzene rings is 2. The zero-order valence-electron chi connectivity index (χ0n) is 19.5. The Morgan fingerprint density at radius 2 is 1.91 bits per heavy atom. The lowest BCUT2D eigenvalue weighted by atomic mass is 9.89. The summed E-state index contributed by atoms with van der Waals surface area (Å²) in [4.78, 5) is 11.9. The Balaban J connectivity index is 1.59. The van der Waals surface area contributed by atoms with Crippen molar-refractivity contribution in [2.75, 3.05) is 38.7 Å². The third-order valence-corrected chi connectivity index (χ3v) is 7.54. The van der Waals surface area contributed by atoms with Crippen LogP contribution in [0, 0.1) is 0 Å². The topological polar surface area (TPSA) is 69.2 Å². The molecule has 0 atom stereocenters. The highest BCUT2D eigenvalue weighted by molar-refractivity contribution is 7.99. The fraction of sp³-hybridized carbons (Fsp3) is 0.385. The summed E-state index contributed by atoms with van der Waals surface area (Å²) in [6.45, 7) is 5.11. The largest absolute Gasteiger partial charge is 0.496 e. The monoisotopic (exact) mass is 461 g/mol. The van der Waals surface area contributed by atoms with Crippen LogP contribution in [0.3, 0.4) is 0 Å². The molecule has 1 aliphatic heterocycles. The van der Waals surface area contributed by atoms with Gasteiger partial charge in [-0.25, -0.2) is 9.97 Å². The van der Waals surface area contributed by atoms with Crippen LogP contribution in [0.5, 0.6) is 5.75 Å². The van der Waals surface area contributed by atoms with Crippen LogP contribution in [0.2, 0.25) is 0 Å². The zero-order valence-corrected chi connectivity index (χ0v) is 20.4. The maximum absolute atomic E-state index is 6.34. The van der Waals surface area contributed by atoms with Gasteiger partial charge in [0.15, 0.2) is 11.0 Å². The van der Waals surface area contributed by atoms with Crippen molar-refractivity contribution in [3.8, 4) is 5.75 Å². The minimum absolute atomic E-state index is 0.477. The molecule has 3 heterocycles. The number of anilines is 1. The smallest absolute Gasteiger partial charge is 0.169 e. The quantitative estimate of drug-likeness (QED) is 0.401. The summed E-state index contributed by atoms with van der Waals surface area (Å²) in [5.41, 5.74) is 11.6. The van der Waals surface area contributed by atoms with Crippen molar-refractivity contribution in [1.82, 2.24) is 19.4 Å². The molecule has 1 aliphatic rings. The summed E-state index contributed by atoms with van der Waals surface area (Å²) in [6.07, 6.45) is 2.39. The highest BCUT2D eigenvalue weighted by Crippen LogP contribution is 2.35. The van der Waals surface area contributed by atoms with E-state index in [1.807, 2.05) is 18.2 Å². The SMILES string of the molecule is CCSc1nc2c(N)nc3ccccc3c2n1Cc1ccc(C2CCN(C)CC2)cc1OC. The molecule has 33 heavy (non-hydrogen) atoms. The molecule has 1 fully saturated rings. The van der Waals surface area contributed by atoms with Crippen LogP contribution in [-0.2, 0) is 6.54 Å². The van der Waals surface area contributed by atoms with E-state index in [4.69, 9.17) is 15.5 Å². The Hall–Kier alpha value is -2.77. The number of nitrogens with zero attached hydrogens (tertiary/aromatic N) is 4. The van der Waals surface area contributed by atoms with Crippen LogP contribution in [0.15, 0.2) is 47.6 Å². The van der Waals surface area contributed by atoms with Gasteiger partial charge in [-0.15, -0.1) is 0 Å². The summed E-state index contributed by atoms with van der Waals surface area (Å²) >= 11 is 1.73. The van der Waals surface area contributed by atoms with Crippen LogP contribution >= 0.6 is 11.8 Å². The number of rotatable bonds is 6. The number of nitrogens with two attached hydrogens (primary N) is 1. The fourth-order valence-corrected chi connectivity index (χ4v) is 5.61. The molecule has 172 valence electrons. The molecule has 6 nitrogen and oxygen atoms in total. The Bertz CT molecular complexity index is 1290. The molecule has 2 aromatic carbocycles. The molecule has 0 saturated carbocycles. The Kier molecular flexibility index (Phi) is 6.17. The van der Waals surface area contributed by atoms with Crippen molar-refractivity contribution in [3.05, 3.63) is 53.6 Å². The predicted molar refractivity (Wildman–Crippen MR) is 137 cm³/mol. The van der Waals surface area contributed by atoms with Crippen LogP contribution in [-0.4, -0.2) is 52.4 Å². The van der Waals surface area contributed by atoms with Gasteiger partial charge < -0.3 is 19.9 Å². The number of imidazole rings is 1. The van der Waals surface area contributed by atoms with E-state index in [0.29, 0.717) is 18.3 Å². The highest BCUT2D eigenvalue weighted by Gasteiger charge is 2.21. The van der Waals surface area contributed by atoms with Crippen molar-refractivity contribution in [3.63, 3.8) is 0 Å². The van der Waals surface area contributed by atoms with E-state index in [1.54, 1.807) is 18.9 Å². The third-order valence-electron chi connectivity index (χ3n) is 6.68. The molecule has 0 unspecified atom stereocenters. The minimum Gasteiger partial charge on any atom is -0.496 e. The van der Waals surface area contributed by atoms with E-state index in [9.17, 15) is 0 Å². The van der Waals surface area contributed by atoms with Crippen LogP contribution in [0.4, 0.5) is 5.82 Å². The first kappa shape index (κ1) is 22.0. The second-order valence-corrected chi connectivity index (χ2v) is 10.0. The average Bonchev–Trinajstić information content (AvgIpc) is 3.19. The summed E-state index contributed by atoms with van der Waals surface area (Å²) < 4.78 is 8.16. The van der Waals surface area contributed by atoms with Gasteiger partial charge in [-0.05, 0) is 62.3 Å². The molecular formula is C26H31N5OS. The lowest BCUT2D eigenvalue weighted by Crippen LogP contribution is -2.29. The summed E-state index contributed by atoms with van der Waals surface area (Å²) in [5, 5.41) is 2.03. The van der Waals surface area contributed by atoms with Gasteiger partial charge in [-0.3, -0.25) is 0 Å². The molecule has 0 aliphatic carbocycles. The van der Waals surface area contributed by atoms with Gasteiger partial charge in [0.1, 0.15) is 11.3 Å². The number of nitrogen functional groups attached to an aromatic ring is 1. The number of likely N-dealkylation sites (tertiary alicyclic amines) is 1. The lowest BCUT2D eigenvalue weighted by molar-refractivity contribution is 0.255. The molecule has 5 rings (SSSR count). The Morgan fingerprint density at radius 1 is 1.12 bits per heavy atom. The molecule has 0 spiro atoms. The van der Waals surface area contributed by atoms with E-state index >= 15 is 0 Å². The number of fused-ring (bicyclic) bond motifs is 3. The van der Waals surface area contributed by atoms with Gasteiger partial charge in [0, 0.05) is 10.9 Å². The molecule has 7 heteroatoms. The number of hydrogen-bond donors (Lipinski definition) is 1. The molecule has 2 N–H and O–H groups in total. The maximum Gasteiger partial charge on any atom is 0.169 e. The summed E-state index contributed by atoms with van der Waals surface area (Å²) in [7, 11) is 3.97. The standard InChI is InChI=1S/C26H31N5OS/c1-4-33-26-29-23-24(20-7-5-6-8-21(20)28-25(23)27)31(26)16-19-10-9-18(15-22(19)32-3)17-11-13-30(2)14-12-17/h5-10,15,17H,4,11-14,16H2,1-3H3,(H2,27,28). The normalized spacial score (nSPS) is 15.5.